The number of aliphatic hydroxyl groups excluding tert-OH is 1. The Kier molecular flexibility index (Phi) is 10.7. The number of ether oxygens (including phenoxy) is 2. The molecular formula is C19H33NO10S. The van der Waals surface area contributed by atoms with E-state index in [4.69, 9.17) is 18.8 Å². The minimum Gasteiger partial charge on any atom is -0.479 e. The predicted octanol–water partition coefficient (Wildman–Crippen LogP) is 1.19. The molecule has 1 aliphatic carbocycles. The Morgan fingerprint density at radius 2 is 1.77 bits per heavy atom. The number of carboxylic acids is 1. The lowest BCUT2D eigenvalue weighted by Gasteiger charge is -2.35. The third-order valence-corrected chi connectivity index (χ3v) is 6.46. The average molecular weight is 468 g/mol. The van der Waals surface area contributed by atoms with Gasteiger partial charge in [-0.1, -0.05) is 20.3 Å². The fourth-order valence-corrected chi connectivity index (χ4v) is 4.35. The van der Waals surface area contributed by atoms with E-state index in [-0.39, 0.29) is 25.0 Å². The van der Waals surface area contributed by atoms with Crippen LogP contribution in [0.25, 0.3) is 0 Å². The molecule has 0 bridgehead atoms. The first-order valence-electron chi connectivity index (χ1n) is 10.2. The van der Waals surface area contributed by atoms with E-state index >= 15 is 0 Å². The van der Waals surface area contributed by atoms with Gasteiger partial charge in [-0.25, -0.2) is 9.59 Å². The maximum Gasteiger partial charge on any atom is 0.508 e. The lowest BCUT2D eigenvalue weighted by Crippen LogP contribution is -2.49. The summed E-state index contributed by atoms with van der Waals surface area (Å²) in [4.78, 5) is 34.2. The predicted molar refractivity (Wildman–Crippen MR) is 109 cm³/mol. The Morgan fingerprint density at radius 3 is 2.32 bits per heavy atom. The van der Waals surface area contributed by atoms with Crippen molar-refractivity contribution in [2.75, 3.05) is 18.9 Å². The van der Waals surface area contributed by atoms with Crippen LogP contribution >= 0.6 is 0 Å². The highest BCUT2D eigenvalue weighted by Gasteiger charge is 2.44. The van der Waals surface area contributed by atoms with Crippen LogP contribution < -0.4 is 5.32 Å². The molecule has 0 spiro atoms. The van der Waals surface area contributed by atoms with Gasteiger partial charge >= 0.3 is 12.1 Å². The van der Waals surface area contributed by atoms with E-state index in [9.17, 15) is 27.9 Å². The zero-order chi connectivity index (χ0) is 23.7. The first-order valence-corrected chi connectivity index (χ1v) is 11.8. The van der Waals surface area contributed by atoms with Gasteiger partial charge in [0.1, 0.15) is 18.8 Å². The van der Waals surface area contributed by atoms with Crippen molar-refractivity contribution >= 4 is 28.1 Å². The van der Waals surface area contributed by atoms with Crippen molar-refractivity contribution in [2.24, 2.45) is 5.41 Å². The fourth-order valence-electron chi connectivity index (χ4n) is 3.10. The van der Waals surface area contributed by atoms with Gasteiger partial charge in [0.05, 0.1) is 5.75 Å². The summed E-state index contributed by atoms with van der Waals surface area (Å²) in [5.41, 5.74) is -1.62. The normalized spacial score (nSPS) is 17.4. The van der Waals surface area contributed by atoms with E-state index in [1.54, 1.807) is 0 Å². The second kappa shape index (κ2) is 12.2. The number of carbonyl (C=O) groups is 3. The first-order chi connectivity index (χ1) is 14.3. The van der Waals surface area contributed by atoms with Crippen LogP contribution in [0.1, 0.15) is 59.3 Å². The molecule has 0 aromatic heterocycles. The summed E-state index contributed by atoms with van der Waals surface area (Å²) in [5.74, 6) is -2.35. The van der Waals surface area contributed by atoms with Crippen molar-refractivity contribution in [3.8, 4) is 0 Å². The molecule has 2 atom stereocenters. The van der Waals surface area contributed by atoms with Crippen molar-refractivity contribution in [3.63, 3.8) is 0 Å². The second-order valence-corrected chi connectivity index (χ2v) is 9.90. The molecule has 1 saturated carbocycles. The molecule has 0 radical (unpaired) electrons. The van der Waals surface area contributed by atoms with Crippen LogP contribution in [0.4, 0.5) is 4.79 Å². The van der Waals surface area contributed by atoms with Gasteiger partial charge in [0.2, 0.25) is 5.91 Å². The number of carboxylic acid groups (broad SMARTS) is 1. The van der Waals surface area contributed by atoms with Crippen molar-refractivity contribution in [1.29, 1.82) is 0 Å². The van der Waals surface area contributed by atoms with Gasteiger partial charge in [0.25, 0.3) is 10.1 Å². The maximum absolute atomic E-state index is 12.4. The van der Waals surface area contributed by atoms with E-state index in [0.717, 1.165) is 19.3 Å². The molecular weight excluding hydrogens is 434 g/mol. The highest BCUT2D eigenvalue weighted by Crippen LogP contribution is 2.30. The zero-order valence-corrected chi connectivity index (χ0v) is 19.0. The molecule has 1 unspecified atom stereocenters. The molecule has 0 aromatic rings. The van der Waals surface area contributed by atoms with Gasteiger partial charge in [-0.15, -0.1) is 0 Å². The zero-order valence-electron chi connectivity index (χ0n) is 18.2. The summed E-state index contributed by atoms with van der Waals surface area (Å²) >= 11 is 0. The van der Waals surface area contributed by atoms with E-state index in [2.05, 4.69) is 5.32 Å². The average Bonchev–Trinajstić information content (AvgIpc) is 2.68. The molecule has 0 heterocycles. The van der Waals surface area contributed by atoms with E-state index in [1.807, 2.05) is 0 Å². The minimum atomic E-state index is -4.18. The van der Waals surface area contributed by atoms with Crippen molar-refractivity contribution < 1.29 is 46.7 Å². The summed E-state index contributed by atoms with van der Waals surface area (Å²) < 4.78 is 40.0. The molecule has 1 amide bonds. The minimum absolute atomic E-state index is 0.0567. The first kappa shape index (κ1) is 27.1. The SMILES string of the molecule is CC(=O)NCCCS(=O)(=O)OC(COC(=O)OC1CCCCC1)C(C)(C)[C@@H](O)C(=O)O. The molecule has 0 aliphatic heterocycles. The summed E-state index contributed by atoms with van der Waals surface area (Å²) in [6, 6.07) is 0. The second-order valence-electron chi connectivity index (χ2n) is 8.18. The number of aliphatic carboxylic acids is 1. The van der Waals surface area contributed by atoms with Gasteiger partial charge < -0.3 is 25.0 Å². The Labute approximate surface area is 182 Å². The lowest BCUT2D eigenvalue weighted by atomic mass is 9.81. The van der Waals surface area contributed by atoms with Crippen LogP contribution in [0.2, 0.25) is 0 Å². The third-order valence-electron chi connectivity index (χ3n) is 5.14. The van der Waals surface area contributed by atoms with Crippen LogP contribution in [0.3, 0.4) is 0 Å². The maximum atomic E-state index is 12.4. The highest BCUT2D eigenvalue weighted by atomic mass is 32.2. The van der Waals surface area contributed by atoms with Gasteiger partial charge in [0, 0.05) is 18.9 Å². The van der Waals surface area contributed by atoms with Gasteiger partial charge in [-0.3, -0.25) is 8.98 Å². The summed E-state index contributed by atoms with van der Waals surface area (Å²) in [6.07, 6.45) is -0.362. The summed E-state index contributed by atoms with van der Waals surface area (Å²) in [7, 11) is -4.18. The van der Waals surface area contributed by atoms with Crippen LogP contribution in [0.15, 0.2) is 0 Å². The largest absolute Gasteiger partial charge is 0.508 e. The molecule has 11 nitrogen and oxygen atoms in total. The van der Waals surface area contributed by atoms with Crippen LogP contribution in [-0.2, 0) is 33.4 Å². The monoisotopic (exact) mass is 467 g/mol. The molecule has 180 valence electrons. The van der Waals surface area contributed by atoms with Crippen LogP contribution in [-0.4, -0.2) is 73.9 Å². The van der Waals surface area contributed by atoms with E-state index < -0.39 is 52.2 Å². The smallest absolute Gasteiger partial charge is 0.479 e. The van der Waals surface area contributed by atoms with Crippen LogP contribution in [0, 0.1) is 5.41 Å². The number of hydrogen-bond donors (Lipinski definition) is 3. The standard InChI is InChI=1S/C19H33NO10S/c1-13(21)20-10-7-11-31(26,27)30-15(19(2,3)16(22)17(23)24)12-28-18(25)29-14-8-5-4-6-9-14/h14-16,22H,4-12H2,1-3H3,(H,20,21)(H,23,24)/t15?,16-/m0/s1. The molecule has 0 aromatic carbocycles. The molecule has 1 rings (SSSR count). The van der Waals surface area contributed by atoms with Crippen molar-refractivity contribution in [2.45, 2.75) is 77.6 Å². The van der Waals surface area contributed by atoms with Crippen molar-refractivity contribution in [3.05, 3.63) is 0 Å². The highest BCUT2D eigenvalue weighted by molar-refractivity contribution is 7.86. The third kappa shape index (κ3) is 9.83. The van der Waals surface area contributed by atoms with E-state index in [1.165, 1.54) is 20.8 Å². The Balaban J connectivity index is 2.79. The Hall–Kier alpha value is -1.92. The number of hydrogen-bond acceptors (Lipinski definition) is 9. The molecule has 12 heteroatoms. The van der Waals surface area contributed by atoms with Gasteiger partial charge in [-0.05, 0) is 32.1 Å². The Bertz CT molecular complexity index is 715. The number of carbonyl (C=O) groups excluding carboxylic acids is 2. The fraction of sp³-hybridized carbons (Fsp3) is 0.842. The lowest BCUT2D eigenvalue weighted by molar-refractivity contribution is -0.159. The molecule has 31 heavy (non-hydrogen) atoms. The number of aliphatic hydroxyl groups is 1. The molecule has 0 saturated heterocycles. The topological polar surface area (TPSA) is 166 Å². The molecule has 3 N–H and O–H groups in total. The Morgan fingerprint density at radius 1 is 1.16 bits per heavy atom. The van der Waals surface area contributed by atoms with E-state index in [0.29, 0.717) is 12.8 Å². The number of amides is 1. The number of nitrogens with one attached hydrogen (secondary N) is 1. The summed E-state index contributed by atoms with van der Waals surface area (Å²) in [5, 5.41) is 21.6. The quantitative estimate of drug-likeness (QED) is 0.215. The molecule has 1 fully saturated rings. The van der Waals surface area contributed by atoms with Gasteiger partial charge in [0.15, 0.2) is 6.10 Å². The molecule has 1 aliphatic rings. The summed E-state index contributed by atoms with van der Waals surface area (Å²) in [6.45, 7) is 3.35. The number of rotatable bonds is 12. The van der Waals surface area contributed by atoms with Gasteiger partial charge in [-0.2, -0.15) is 8.42 Å². The van der Waals surface area contributed by atoms with Crippen LogP contribution in [0.5, 0.6) is 0 Å². The van der Waals surface area contributed by atoms with Crippen molar-refractivity contribution in [1.82, 2.24) is 5.32 Å².